The summed E-state index contributed by atoms with van der Waals surface area (Å²) in [6.45, 7) is 1.19. The second-order valence-electron chi connectivity index (χ2n) is 7.98. The first-order valence-corrected chi connectivity index (χ1v) is 9.24. The van der Waals surface area contributed by atoms with E-state index < -0.39 is 0 Å². The second-order valence-corrected chi connectivity index (χ2v) is 7.98. The summed E-state index contributed by atoms with van der Waals surface area (Å²) in [5.41, 5.74) is 4.04. The molecule has 4 nitrogen and oxygen atoms in total. The van der Waals surface area contributed by atoms with Crippen molar-refractivity contribution in [1.29, 1.82) is 0 Å². The number of likely N-dealkylation sites (tertiary alicyclic amines) is 1. The third kappa shape index (κ3) is 1.86. The lowest BCUT2D eigenvalue weighted by atomic mass is 9.52. The Morgan fingerprint density at radius 1 is 1.25 bits per heavy atom. The number of hydrogen-bond acceptors (Lipinski definition) is 3. The van der Waals surface area contributed by atoms with E-state index in [4.69, 9.17) is 0 Å². The van der Waals surface area contributed by atoms with Crippen LogP contribution in [0.4, 0.5) is 0 Å². The van der Waals surface area contributed by atoms with Crippen LogP contribution in [0.2, 0.25) is 0 Å². The predicted octanol–water partition coefficient (Wildman–Crippen LogP) is 3.27. The van der Waals surface area contributed by atoms with Crippen LogP contribution in [0, 0.1) is 5.92 Å². The van der Waals surface area contributed by atoms with Gasteiger partial charge in [0.05, 0.1) is 12.0 Å². The van der Waals surface area contributed by atoms with E-state index in [2.05, 4.69) is 29.1 Å². The topological polar surface area (TPSA) is 41.3 Å². The molecule has 126 valence electrons. The molecule has 1 saturated heterocycles. The summed E-state index contributed by atoms with van der Waals surface area (Å²) in [4.78, 5) is 6.71. The average molecular weight is 323 g/mol. The third-order valence-electron chi connectivity index (χ3n) is 6.99. The molecule has 1 N–H and O–H groups in total. The zero-order valence-electron chi connectivity index (χ0n) is 14.3. The number of likely N-dealkylation sites (N-methyl/N-ethyl adjacent to an activating group) is 1. The summed E-state index contributed by atoms with van der Waals surface area (Å²) in [5.74, 6) is 1.15. The molecule has 3 atom stereocenters. The molecule has 1 aromatic carbocycles. The van der Waals surface area contributed by atoms with Gasteiger partial charge in [0, 0.05) is 23.9 Å². The number of imidazole rings is 1. The van der Waals surface area contributed by atoms with E-state index in [0.717, 1.165) is 18.0 Å². The second kappa shape index (κ2) is 5.09. The number of fused-ring (bicyclic) bond motifs is 1. The van der Waals surface area contributed by atoms with Crippen LogP contribution in [0.15, 0.2) is 30.9 Å². The molecule has 2 aliphatic carbocycles. The lowest BCUT2D eigenvalue weighted by Crippen LogP contribution is -2.59. The zero-order valence-corrected chi connectivity index (χ0v) is 14.3. The lowest BCUT2D eigenvalue weighted by Gasteiger charge is -2.58. The van der Waals surface area contributed by atoms with Crippen LogP contribution in [0.1, 0.15) is 43.2 Å². The highest BCUT2D eigenvalue weighted by Gasteiger charge is 2.53. The van der Waals surface area contributed by atoms with Crippen molar-refractivity contribution >= 4 is 0 Å². The quantitative estimate of drug-likeness (QED) is 0.876. The van der Waals surface area contributed by atoms with E-state index in [1.807, 2.05) is 10.8 Å². The molecule has 4 heteroatoms. The highest BCUT2D eigenvalue weighted by atomic mass is 16.3. The predicted molar refractivity (Wildman–Crippen MR) is 93.6 cm³/mol. The Morgan fingerprint density at radius 2 is 2.17 bits per heavy atom. The normalized spacial score (nSPS) is 32.2. The van der Waals surface area contributed by atoms with Crippen molar-refractivity contribution in [2.45, 2.75) is 50.0 Å². The van der Waals surface area contributed by atoms with Gasteiger partial charge in [-0.2, -0.15) is 0 Å². The summed E-state index contributed by atoms with van der Waals surface area (Å²) < 4.78 is 1.92. The number of rotatable bonds is 1. The van der Waals surface area contributed by atoms with Crippen molar-refractivity contribution in [3.05, 3.63) is 42.0 Å². The lowest BCUT2D eigenvalue weighted by molar-refractivity contribution is 0.00274. The molecular weight excluding hydrogens is 298 g/mol. The Bertz CT molecular complexity index is 769. The minimum absolute atomic E-state index is 0.300. The maximum Gasteiger partial charge on any atom is 0.139 e. The zero-order chi connectivity index (χ0) is 16.3. The van der Waals surface area contributed by atoms with Gasteiger partial charge < -0.3 is 14.6 Å². The first-order valence-electron chi connectivity index (χ1n) is 9.24. The average Bonchev–Trinajstić information content (AvgIpc) is 3.12. The SMILES string of the molecule is CN1CC[C@]23CCCC[C@@H]2[C@H]1Cc1cc(-n2ccnc2)c(O)cc13. The minimum atomic E-state index is 0.300. The molecule has 1 saturated carbocycles. The van der Waals surface area contributed by atoms with E-state index in [1.165, 1.54) is 49.8 Å². The fourth-order valence-corrected chi connectivity index (χ4v) is 5.84. The van der Waals surface area contributed by atoms with E-state index in [1.54, 1.807) is 12.5 Å². The van der Waals surface area contributed by atoms with Crippen LogP contribution < -0.4 is 0 Å². The Balaban J connectivity index is 1.69. The fraction of sp³-hybridized carbons (Fsp3) is 0.550. The number of benzene rings is 1. The molecular formula is C20H25N3O. The van der Waals surface area contributed by atoms with Gasteiger partial charge in [0.15, 0.2) is 0 Å². The van der Waals surface area contributed by atoms with Gasteiger partial charge >= 0.3 is 0 Å². The van der Waals surface area contributed by atoms with Crippen molar-refractivity contribution in [2.24, 2.45) is 5.92 Å². The number of phenols is 1. The molecule has 1 aliphatic heterocycles. The van der Waals surface area contributed by atoms with Crippen LogP contribution in [0.5, 0.6) is 5.75 Å². The number of aromatic nitrogens is 2. The van der Waals surface area contributed by atoms with Gasteiger partial charge in [-0.1, -0.05) is 12.8 Å². The summed E-state index contributed by atoms with van der Waals surface area (Å²) in [6.07, 6.45) is 13.1. The molecule has 2 fully saturated rings. The Morgan fingerprint density at radius 3 is 3.00 bits per heavy atom. The van der Waals surface area contributed by atoms with E-state index >= 15 is 0 Å². The van der Waals surface area contributed by atoms with Gasteiger partial charge in [0.2, 0.25) is 0 Å². The van der Waals surface area contributed by atoms with Crippen LogP contribution in [0.25, 0.3) is 5.69 Å². The Kier molecular flexibility index (Phi) is 3.08. The summed E-state index contributed by atoms with van der Waals surface area (Å²) in [5, 5.41) is 10.7. The standard InChI is InChI=1S/C20H25N3O/c1-22-8-6-20-5-3-2-4-15(20)17(22)10-14-11-18(19(24)12-16(14)20)23-9-7-21-13-23/h7,9,11-13,15,17,24H,2-6,8,10H2,1H3/t15-,17-,20-/m1/s1. The van der Waals surface area contributed by atoms with Crippen molar-refractivity contribution < 1.29 is 5.11 Å². The molecule has 0 unspecified atom stereocenters. The van der Waals surface area contributed by atoms with Gasteiger partial charge in [-0.15, -0.1) is 0 Å². The Hall–Kier alpha value is -1.81. The van der Waals surface area contributed by atoms with Crippen molar-refractivity contribution in [1.82, 2.24) is 14.5 Å². The molecule has 3 aliphatic rings. The Labute approximate surface area is 143 Å². The maximum absolute atomic E-state index is 10.7. The highest BCUT2D eigenvalue weighted by molar-refractivity contribution is 5.55. The van der Waals surface area contributed by atoms with Crippen LogP contribution in [-0.4, -0.2) is 39.2 Å². The van der Waals surface area contributed by atoms with Crippen molar-refractivity contribution in [3.63, 3.8) is 0 Å². The summed E-state index contributed by atoms with van der Waals surface area (Å²) >= 11 is 0. The number of piperidine rings is 1. The number of hydrogen-bond donors (Lipinski definition) is 1. The maximum atomic E-state index is 10.7. The number of phenolic OH excluding ortho intramolecular Hbond substituents is 1. The first-order chi connectivity index (χ1) is 11.7. The molecule has 2 bridgehead atoms. The van der Waals surface area contributed by atoms with Crippen molar-refractivity contribution in [3.8, 4) is 11.4 Å². The van der Waals surface area contributed by atoms with Crippen LogP contribution >= 0.6 is 0 Å². The van der Waals surface area contributed by atoms with E-state index in [0.29, 0.717) is 17.2 Å². The van der Waals surface area contributed by atoms with Gasteiger partial charge in [-0.3, -0.25) is 0 Å². The van der Waals surface area contributed by atoms with Gasteiger partial charge in [-0.05, 0) is 68.5 Å². The number of aromatic hydroxyl groups is 1. The molecule has 0 radical (unpaired) electrons. The third-order valence-corrected chi connectivity index (χ3v) is 6.99. The fourth-order valence-electron chi connectivity index (χ4n) is 5.84. The van der Waals surface area contributed by atoms with Crippen LogP contribution in [-0.2, 0) is 11.8 Å². The van der Waals surface area contributed by atoms with E-state index in [9.17, 15) is 5.11 Å². The highest BCUT2D eigenvalue weighted by Crippen LogP contribution is 2.56. The molecule has 5 rings (SSSR count). The van der Waals surface area contributed by atoms with Crippen LogP contribution in [0.3, 0.4) is 0 Å². The molecule has 0 spiro atoms. The molecule has 1 aromatic heterocycles. The smallest absolute Gasteiger partial charge is 0.139 e. The number of nitrogens with zero attached hydrogens (tertiary/aromatic N) is 3. The summed E-state index contributed by atoms with van der Waals surface area (Å²) in [7, 11) is 2.30. The first kappa shape index (κ1) is 14.5. The summed E-state index contributed by atoms with van der Waals surface area (Å²) in [6, 6.07) is 4.96. The molecule has 2 heterocycles. The van der Waals surface area contributed by atoms with E-state index in [-0.39, 0.29) is 0 Å². The van der Waals surface area contributed by atoms with Gasteiger partial charge in [-0.25, -0.2) is 4.98 Å². The monoisotopic (exact) mass is 323 g/mol. The minimum Gasteiger partial charge on any atom is -0.506 e. The molecule has 24 heavy (non-hydrogen) atoms. The molecule has 0 amide bonds. The van der Waals surface area contributed by atoms with Gasteiger partial charge in [0.1, 0.15) is 5.75 Å². The van der Waals surface area contributed by atoms with Gasteiger partial charge in [0.25, 0.3) is 0 Å². The largest absolute Gasteiger partial charge is 0.506 e. The molecule has 2 aromatic rings. The van der Waals surface area contributed by atoms with Crippen molar-refractivity contribution in [2.75, 3.05) is 13.6 Å².